The van der Waals surface area contributed by atoms with Crippen molar-refractivity contribution in [2.75, 3.05) is 6.54 Å². The molecule has 0 aliphatic heterocycles. The van der Waals surface area contributed by atoms with Crippen molar-refractivity contribution in [3.63, 3.8) is 0 Å². The lowest BCUT2D eigenvalue weighted by molar-refractivity contribution is 0.415. The number of imidazole rings is 1. The molecule has 1 aromatic heterocycles. The number of benzene rings is 1. The molecule has 0 unspecified atom stereocenters. The van der Waals surface area contributed by atoms with E-state index in [0.29, 0.717) is 13.1 Å². The van der Waals surface area contributed by atoms with Gasteiger partial charge in [0.1, 0.15) is 0 Å². The van der Waals surface area contributed by atoms with Gasteiger partial charge in [0, 0.05) is 13.1 Å². The van der Waals surface area contributed by atoms with E-state index < -0.39 is 0 Å². The van der Waals surface area contributed by atoms with Gasteiger partial charge < -0.3 is 10.8 Å². The Kier molecular flexibility index (Phi) is 2.78. The molecule has 0 fully saturated rings. The van der Waals surface area contributed by atoms with E-state index in [2.05, 4.69) is 0 Å². The summed E-state index contributed by atoms with van der Waals surface area (Å²) in [6, 6.07) is 9.13. The number of nitrogens with two attached hydrogens (primary N) is 1. The highest BCUT2D eigenvalue weighted by molar-refractivity contribution is 5.32. The van der Waals surface area contributed by atoms with Crippen LogP contribution in [-0.2, 0) is 6.54 Å². The van der Waals surface area contributed by atoms with E-state index in [4.69, 9.17) is 5.73 Å². The van der Waals surface area contributed by atoms with Crippen LogP contribution in [0.5, 0.6) is 5.88 Å². The van der Waals surface area contributed by atoms with Crippen molar-refractivity contribution in [2.24, 2.45) is 5.73 Å². The molecule has 0 aliphatic rings. The van der Waals surface area contributed by atoms with Gasteiger partial charge >= 0.3 is 5.69 Å². The first kappa shape index (κ1) is 10.5. The number of aromatic nitrogens is 2. The van der Waals surface area contributed by atoms with E-state index in [9.17, 15) is 9.90 Å². The monoisotopic (exact) mass is 219 g/mol. The van der Waals surface area contributed by atoms with Gasteiger partial charge in [0.25, 0.3) is 0 Å². The van der Waals surface area contributed by atoms with Crippen molar-refractivity contribution in [3.8, 4) is 11.6 Å². The van der Waals surface area contributed by atoms with Crippen LogP contribution in [0.1, 0.15) is 0 Å². The molecule has 0 aliphatic carbocycles. The summed E-state index contributed by atoms with van der Waals surface area (Å²) in [5, 5.41) is 9.59. The molecule has 5 nitrogen and oxygen atoms in total. The summed E-state index contributed by atoms with van der Waals surface area (Å²) < 4.78 is 2.64. The van der Waals surface area contributed by atoms with Crippen LogP contribution in [0.2, 0.25) is 0 Å². The van der Waals surface area contributed by atoms with Gasteiger partial charge in [-0.1, -0.05) is 18.2 Å². The minimum Gasteiger partial charge on any atom is -0.493 e. The molecule has 0 bridgehead atoms. The average molecular weight is 219 g/mol. The molecule has 16 heavy (non-hydrogen) atoms. The summed E-state index contributed by atoms with van der Waals surface area (Å²) >= 11 is 0. The Hall–Kier alpha value is -2.01. The lowest BCUT2D eigenvalue weighted by atomic mass is 10.3. The van der Waals surface area contributed by atoms with Crippen molar-refractivity contribution in [2.45, 2.75) is 6.54 Å². The van der Waals surface area contributed by atoms with Crippen LogP contribution in [0.3, 0.4) is 0 Å². The molecule has 2 aromatic rings. The second kappa shape index (κ2) is 4.24. The Morgan fingerprint density at radius 1 is 1.25 bits per heavy atom. The average Bonchev–Trinajstić information content (AvgIpc) is 2.59. The standard InChI is InChI=1S/C11H13N3O2/c12-6-7-13-10(15)8-14(11(13)16)9-4-2-1-3-5-9/h1-5,8,15H,6-7,12H2. The number of hydrogen-bond donors (Lipinski definition) is 2. The van der Waals surface area contributed by atoms with Crippen molar-refractivity contribution < 1.29 is 5.11 Å². The van der Waals surface area contributed by atoms with Crippen LogP contribution >= 0.6 is 0 Å². The molecule has 0 radical (unpaired) electrons. The van der Waals surface area contributed by atoms with Gasteiger partial charge in [0.15, 0.2) is 0 Å². The lowest BCUT2D eigenvalue weighted by Gasteiger charge is -2.00. The molecule has 2 rings (SSSR count). The minimum atomic E-state index is -0.283. The zero-order valence-electron chi connectivity index (χ0n) is 8.71. The molecule has 84 valence electrons. The Labute approximate surface area is 92.4 Å². The van der Waals surface area contributed by atoms with E-state index in [1.807, 2.05) is 18.2 Å². The molecule has 0 saturated carbocycles. The predicted octanol–water partition coefficient (Wildman–Crippen LogP) is 0.303. The van der Waals surface area contributed by atoms with Crippen molar-refractivity contribution in [3.05, 3.63) is 47.0 Å². The van der Waals surface area contributed by atoms with Crippen LogP contribution in [-0.4, -0.2) is 20.8 Å². The first-order valence-corrected chi connectivity index (χ1v) is 5.00. The zero-order valence-corrected chi connectivity index (χ0v) is 8.71. The number of nitrogens with zero attached hydrogens (tertiary/aromatic N) is 2. The second-order valence-electron chi connectivity index (χ2n) is 3.42. The van der Waals surface area contributed by atoms with Crippen LogP contribution < -0.4 is 11.4 Å². The topological polar surface area (TPSA) is 73.2 Å². The smallest absolute Gasteiger partial charge is 0.335 e. The number of para-hydroxylation sites is 1. The largest absolute Gasteiger partial charge is 0.493 e. The third-order valence-electron chi connectivity index (χ3n) is 2.35. The zero-order chi connectivity index (χ0) is 11.5. The second-order valence-corrected chi connectivity index (χ2v) is 3.42. The van der Waals surface area contributed by atoms with E-state index in [0.717, 1.165) is 5.69 Å². The van der Waals surface area contributed by atoms with E-state index in [-0.39, 0.29) is 11.6 Å². The first-order chi connectivity index (χ1) is 7.74. The lowest BCUT2D eigenvalue weighted by Crippen LogP contribution is -2.25. The summed E-state index contributed by atoms with van der Waals surface area (Å²) in [4.78, 5) is 11.9. The van der Waals surface area contributed by atoms with E-state index >= 15 is 0 Å². The van der Waals surface area contributed by atoms with Gasteiger partial charge in [0.05, 0.1) is 11.9 Å². The van der Waals surface area contributed by atoms with Crippen LogP contribution in [0.25, 0.3) is 5.69 Å². The molecular formula is C11H13N3O2. The third kappa shape index (κ3) is 1.72. The SMILES string of the molecule is NCCn1c(O)cn(-c2ccccc2)c1=O. The van der Waals surface area contributed by atoms with Gasteiger partial charge in [-0.3, -0.25) is 9.13 Å². The molecule has 1 aromatic carbocycles. The summed E-state index contributed by atoms with van der Waals surface area (Å²) in [6.45, 7) is 0.622. The van der Waals surface area contributed by atoms with Crippen LogP contribution in [0, 0.1) is 0 Å². The maximum atomic E-state index is 11.9. The van der Waals surface area contributed by atoms with Crippen LogP contribution in [0.15, 0.2) is 41.3 Å². The summed E-state index contributed by atoms with van der Waals surface area (Å²) in [6.07, 6.45) is 1.40. The van der Waals surface area contributed by atoms with Gasteiger partial charge in [-0.25, -0.2) is 4.79 Å². The molecule has 0 saturated heterocycles. The van der Waals surface area contributed by atoms with Crippen molar-refractivity contribution in [1.29, 1.82) is 0 Å². The quantitative estimate of drug-likeness (QED) is 0.780. The number of rotatable bonds is 3. The molecular weight excluding hydrogens is 206 g/mol. The number of aromatic hydroxyl groups is 1. The normalized spacial score (nSPS) is 10.6. The first-order valence-electron chi connectivity index (χ1n) is 5.00. The maximum Gasteiger partial charge on any atom is 0.335 e. The summed E-state index contributed by atoms with van der Waals surface area (Å²) in [7, 11) is 0. The third-order valence-corrected chi connectivity index (χ3v) is 2.35. The molecule has 5 heteroatoms. The fourth-order valence-electron chi connectivity index (χ4n) is 1.58. The Bertz CT molecular complexity index is 528. The van der Waals surface area contributed by atoms with E-state index in [1.54, 1.807) is 12.1 Å². The van der Waals surface area contributed by atoms with Gasteiger partial charge in [-0.15, -0.1) is 0 Å². The molecule has 0 amide bonds. The van der Waals surface area contributed by atoms with E-state index in [1.165, 1.54) is 15.3 Å². The van der Waals surface area contributed by atoms with Gasteiger partial charge in [0.2, 0.25) is 5.88 Å². The van der Waals surface area contributed by atoms with Crippen LogP contribution in [0.4, 0.5) is 0 Å². The van der Waals surface area contributed by atoms with Crippen molar-refractivity contribution in [1.82, 2.24) is 9.13 Å². The predicted molar refractivity (Wildman–Crippen MR) is 60.7 cm³/mol. The summed E-state index contributed by atoms with van der Waals surface area (Å²) in [5.74, 6) is -0.0701. The Balaban J connectivity index is 2.52. The molecule has 0 spiro atoms. The van der Waals surface area contributed by atoms with Gasteiger partial charge in [-0.05, 0) is 12.1 Å². The maximum absolute atomic E-state index is 11.9. The summed E-state index contributed by atoms with van der Waals surface area (Å²) in [5.41, 5.74) is 5.80. The minimum absolute atomic E-state index is 0.0701. The Morgan fingerprint density at radius 2 is 1.94 bits per heavy atom. The molecule has 1 heterocycles. The Morgan fingerprint density at radius 3 is 2.56 bits per heavy atom. The fraction of sp³-hybridized carbons (Fsp3) is 0.182. The van der Waals surface area contributed by atoms with Gasteiger partial charge in [-0.2, -0.15) is 0 Å². The highest BCUT2D eigenvalue weighted by atomic mass is 16.3. The highest BCUT2D eigenvalue weighted by Crippen LogP contribution is 2.10. The van der Waals surface area contributed by atoms with Crippen molar-refractivity contribution >= 4 is 0 Å². The number of hydrogen-bond acceptors (Lipinski definition) is 3. The fourth-order valence-corrected chi connectivity index (χ4v) is 1.58. The highest BCUT2D eigenvalue weighted by Gasteiger charge is 2.10. The molecule has 0 atom stereocenters. The molecule has 3 N–H and O–H groups in total.